The van der Waals surface area contributed by atoms with Gasteiger partial charge < -0.3 is 0 Å². The molecule has 0 bridgehead atoms. The van der Waals surface area contributed by atoms with Crippen molar-refractivity contribution in [2.75, 3.05) is 0 Å². The molecule has 0 saturated carbocycles. The van der Waals surface area contributed by atoms with Crippen molar-refractivity contribution in [3.05, 3.63) is 11.6 Å². The SMILES string of the molecule is CCCCCC(=CC(=O)OO)C(=O)OO. The van der Waals surface area contributed by atoms with Crippen LogP contribution in [0.3, 0.4) is 0 Å². The molecule has 0 rings (SSSR count). The van der Waals surface area contributed by atoms with Crippen LogP contribution in [0.2, 0.25) is 0 Å². The molecule has 0 saturated heterocycles. The fourth-order valence-electron chi connectivity index (χ4n) is 1.03. The van der Waals surface area contributed by atoms with E-state index in [-0.39, 0.29) is 12.0 Å². The first-order valence-corrected chi connectivity index (χ1v) is 4.57. The van der Waals surface area contributed by atoms with Gasteiger partial charge in [0.25, 0.3) is 0 Å². The molecule has 0 aliphatic rings. The smallest absolute Gasteiger partial charge is 0.296 e. The second kappa shape index (κ2) is 7.95. The van der Waals surface area contributed by atoms with Crippen molar-refractivity contribution < 1.29 is 29.9 Å². The molecule has 0 aromatic rings. The summed E-state index contributed by atoms with van der Waals surface area (Å²) in [5.41, 5.74) is -0.0370. The van der Waals surface area contributed by atoms with Crippen molar-refractivity contribution in [2.45, 2.75) is 32.6 Å². The summed E-state index contributed by atoms with van der Waals surface area (Å²) in [6.07, 6.45) is 3.57. The van der Waals surface area contributed by atoms with Gasteiger partial charge in [0.1, 0.15) is 0 Å². The van der Waals surface area contributed by atoms with E-state index in [1.54, 1.807) is 0 Å². The van der Waals surface area contributed by atoms with Crippen molar-refractivity contribution in [2.24, 2.45) is 0 Å². The molecule has 0 aromatic heterocycles. The molecule has 0 heterocycles. The molecule has 0 radical (unpaired) electrons. The molecule has 0 spiro atoms. The molecule has 0 aliphatic heterocycles. The molecule has 15 heavy (non-hydrogen) atoms. The van der Waals surface area contributed by atoms with Crippen LogP contribution in [0.5, 0.6) is 0 Å². The minimum Gasteiger partial charge on any atom is -0.296 e. The molecule has 0 fully saturated rings. The van der Waals surface area contributed by atoms with Crippen LogP contribution >= 0.6 is 0 Å². The quantitative estimate of drug-likeness (QED) is 0.304. The zero-order chi connectivity index (χ0) is 11.7. The molecule has 6 heteroatoms. The van der Waals surface area contributed by atoms with Gasteiger partial charge in [0, 0.05) is 11.6 Å². The molecule has 0 atom stereocenters. The Bertz CT molecular complexity index is 245. The Hall–Kier alpha value is -1.40. The molecular weight excluding hydrogens is 204 g/mol. The van der Waals surface area contributed by atoms with Crippen LogP contribution in [0, 0.1) is 0 Å². The monoisotopic (exact) mass is 218 g/mol. The van der Waals surface area contributed by atoms with Crippen LogP contribution < -0.4 is 0 Å². The summed E-state index contributed by atoms with van der Waals surface area (Å²) in [5.74, 6) is -2.09. The Morgan fingerprint density at radius 1 is 1.20 bits per heavy atom. The number of hydrogen-bond donors (Lipinski definition) is 2. The van der Waals surface area contributed by atoms with Crippen molar-refractivity contribution >= 4 is 11.9 Å². The second-order valence-electron chi connectivity index (χ2n) is 2.92. The van der Waals surface area contributed by atoms with Crippen molar-refractivity contribution in [1.29, 1.82) is 0 Å². The average molecular weight is 218 g/mol. The Morgan fingerprint density at radius 2 is 1.87 bits per heavy atom. The minimum absolute atomic E-state index is 0.0370. The van der Waals surface area contributed by atoms with Crippen LogP contribution in [0.25, 0.3) is 0 Å². The molecule has 6 nitrogen and oxygen atoms in total. The summed E-state index contributed by atoms with van der Waals surface area (Å²) in [6, 6.07) is 0. The van der Waals surface area contributed by atoms with Crippen molar-refractivity contribution in [3.63, 3.8) is 0 Å². The van der Waals surface area contributed by atoms with Crippen LogP contribution in [-0.2, 0) is 19.4 Å². The summed E-state index contributed by atoms with van der Waals surface area (Å²) < 4.78 is 0. The first-order chi connectivity index (χ1) is 7.15. The summed E-state index contributed by atoms with van der Waals surface area (Å²) in [4.78, 5) is 28.4. The van der Waals surface area contributed by atoms with Gasteiger partial charge in [0.2, 0.25) is 0 Å². The fraction of sp³-hybridized carbons (Fsp3) is 0.556. The molecule has 0 aliphatic carbocycles. The van der Waals surface area contributed by atoms with E-state index in [1.807, 2.05) is 6.92 Å². The average Bonchev–Trinajstić information content (AvgIpc) is 2.26. The van der Waals surface area contributed by atoms with Crippen LogP contribution in [-0.4, -0.2) is 22.5 Å². The van der Waals surface area contributed by atoms with Gasteiger partial charge in [-0.15, -0.1) is 0 Å². The van der Waals surface area contributed by atoms with E-state index < -0.39 is 11.9 Å². The largest absolute Gasteiger partial charge is 0.369 e. The Morgan fingerprint density at radius 3 is 2.33 bits per heavy atom. The zero-order valence-corrected chi connectivity index (χ0v) is 8.43. The van der Waals surface area contributed by atoms with Gasteiger partial charge in [-0.2, -0.15) is 10.5 Å². The normalized spacial score (nSPS) is 11.0. The van der Waals surface area contributed by atoms with Crippen LogP contribution in [0.15, 0.2) is 11.6 Å². The summed E-state index contributed by atoms with van der Waals surface area (Å²) in [7, 11) is 0. The lowest BCUT2D eigenvalue weighted by atomic mass is 10.1. The molecule has 86 valence electrons. The molecular formula is C9H14O6. The lowest BCUT2D eigenvalue weighted by Gasteiger charge is -2.02. The van der Waals surface area contributed by atoms with E-state index in [2.05, 4.69) is 9.78 Å². The van der Waals surface area contributed by atoms with Crippen molar-refractivity contribution in [3.8, 4) is 0 Å². The topological polar surface area (TPSA) is 93.1 Å². The van der Waals surface area contributed by atoms with Gasteiger partial charge in [-0.05, 0) is 12.8 Å². The molecule has 0 amide bonds. The number of carbonyl (C=O) groups excluding carboxylic acids is 2. The highest BCUT2D eigenvalue weighted by molar-refractivity contribution is 5.95. The highest BCUT2D eigenvalue weighted by Gasteiger charge is 2.13. The summed E-state index contributed by atoms with van der Waals surface area (Å²) >= 11 is 0. The highest BCUT2D eigenvalue weighted by Crippen LogP contribution is 2.10. The standard InChI is InChI=1S/C9H14O6/c1-2-3-4-5-7(9(11)15-13)6-8(10)14-12/h6,12-13H,2-5H2,1H3. The maximum absolute atomic E-state index is 10.9. The van der Waals surface area contributed by atoms with E-state index in [4.69, 9.17) is 10.5 Å². The molecule has 0 aromatic carbocycles. The predicted octanol–water partition coefficient (Wildman–Crippen LogP) is 1.53. The van der Waals surface area contributed by atoms with Crippen LogP contribution in [0.1, 0.15) is 32.6 Å². The fourth-order valence-corrected chi connectivity index (χ4v) is 1.03. The number of rotatable bonds is 6. The Balaban J connectivity index is 4.37. The molecule has 0 unspecified atom stereocenters. The van der Waals surface area contributed by atoms with E-state index in [0.29, 0.717) is 6.42 Å². The van der Waals surface area contributed by atoms with Gasteiger partial charge in [-0.1, -0.05) is 19.8 Å². The third kappa shape index (κ3) is 5.82. The third-order valence-electron chi connectivity index (χ3n) is 1.78. The van der Waals surface area contributed by atoms with E-state index >= 15 is 0 Å². The maximum Gasteiger partial charge on any atom is 0.369 e. The number of carbonyl (C=O) groups is 2. The van der Waals surface area contributed by atoms with Crippen molar-refractivity contribution in [1.82, 2.24) is 0 Å². The maximum atomic E-state index is 10.9. The van der Waals surface area contributed by atoms with Crippen LogP contribution in [0.4, 0.5) is 0 Å². The summed E-state index contributed by atoms with van der Waals surface area (Å²) in [5, 5.41) is 16.1. The zero-order valence-electron chi connectivity index (χ0n) is 8.43. The number of unbranched alkanes of at least 4 members (excludes halogenated alkanes) is 2. The van der Waals surface area contributed by atoms with Gasteiger partial charge in [0.15, 0.2) is 0 Å². The molecule has 2 N–H and O–H groups in total. The van der Waals surface area contributed by atoms with E-state index in [0.717, 1.165) is 18.9 Å². The van der Waals surface area contributed by atoms with Gasteiger partial charge in [-0.25, -0.2) is 9.59 Å². The lowest BCUT2D eigenvalue weighted by molar-refractivity contribution is -0.231. The van der Waals surface area contributed by atoms with Gasteiger partial charge >= 0.3 is 11.9 Å². The van der Waals surface area contributed by atoms with E-state index in [1.165, 1.54) is 0 Å². The van der Waals surface area contributed by atoms with Gasteiger partial charge in [0.05, 0.1) is 0 Å². The lowest BCUT2D eigenvalue weighted by Crippen LogP contribution is -2.08. The minimum atomic E-state index is -1.08. The van der Waals surface area contributed by atoms with E-state index in [9.17, 15) is 9.59 Å². The highest BCUT2D eigenvalue weighted by atomic mass is 17.1. The second-order valence-corrected chi connectivity index (χ2v) is 2.92. The number of hydrogen-bond acceptors (Lipinski definition) is 6. The predicted molar refractivity (Wildman–Crippen MR) is 49.7 cm³/mol. The Labute approximate surface area is 87.0 Å². The summed E-state index contributed by atoms with van der Waals surface area (Å²) in [6.45, 7) is 1.98. The Kier molecular flexibility index (Phi) is 7.21. The van der Waals surface area contributed by atoms with Gasteiger partial charge in [-0.3, -0.25) is 9.78 Å². The first kappa shape index (κ1) is 13.6. The third-order valence-corrected chi connectivity index (χ3v) is 1.78. The first-order valence-electron chi connectivity index (χ1n) is 4.57.